The Bertz CT molecular complexity index is 649. The molecule has 0 saturated heterocycles. The number of methoxy groups -OCH3 is 2. The normalized spacial score (nSPS) is 10.4. The van der Waals surface area contributed by atoms with Crippen LogP contribution in [0.15, 0.2) is 30.5 Å². The van der Waals surface area contributed by atoms with Crippen LogP contribution in [-0.2, 0) is 11.2 Å². The minimum absolute atomic E-state index is 0.0451. The van der Waals surface area contributed by atoms with E-state index >= 15 is 0 Å². The van der Waals surface area contributed by atoms with E-state index in [2.05, 4.69) is 0 Å². The van der Waals surface area contributed by atoms with Crippen molar-refractivity contribution in [2.75, 3.05) is 20.0 Å². The molecule has 0 aliphatic rings. The molecule has 112 valence electrons. The molecule has 0 saturated carbocycles. The van der Waals surface area contributed by atoms with Crippen molar-refractivity contribution in [1.82, 2.24) is 4.57 Å². The molecule has 3 N–H and O–H groups in total. The summed E-state index contributed by atoms with van der Waals surface area (Å²) in [6, 6.07) is 7.23. The number of nitrogen functional groups attached to an aromatic ring is 1. The van der Waals surface area contributed by atoms with Gasteiger partial charge in [-0.25, -0.2) is 0 Å². The Balaban J connectivity index is 2.40. The van der Waals surface area contributed by atoms with Gasteiger partial charge in [0.1, 0.15) is 17.3 Å². The van der Waals surface area contributed by atoms with Gasteiger partial charge in [-0.3, -0.25) is 9.36 Å². The number of nitrogens with zero attached hydrogens (tertiary/aromatic N) is 1. The van der Waals surface area contributed by atoms with Gasteiger partial charge >= 0.3 is 5.97 Å². The van der Waals surface area contributed by atoms with E-state index in [0.717, 1.165) is 11.3 Å². The molecule has 0 fully saturated rings. The highest BCUT2D eigenvalue weighted by Crippen LogP contribution is 2.31. The molecule has 2 rings (SSSR count). The first-order valence-corrected chi connectivity index (χ1v) is 6.46. The van der Waals surface area contributed by atoms with Crippen molar-refractivity contribution in [3.8, 4) is 17.2 Å². The predicted molar refractivity (Wildman–Crippen MR) is 79.2 cm³/mol. The predicted octanol–water partition coefficient (Wildman–Crippen LogP) is 2.09. The third-order valence-corrected chi connectivity index (χ3v) is 3.27. The lowest BCUT2D eigenvalue weighted by molar-refractivity contribution is -0.136. The third kappa shape index (κ3) is 3.10. The van der Waals surface area contributed by atoms with Gasteiger partial charge in [-0.05, 0) is 30.2 Å². The van der Waals surface area contributed by atoms with Gasteiger partial charge in [0.05, 0.1) is 19.9 Å². The Hall–Kier alpha value is -2.63. The van der Waals surface area contributed by atoms with Crippen LogP contribution in [0.5, 0.6) is 11.5 Å². The summed E-state index contributed by atoms with van der Waals surface area (Å²) in [5.41, 5.74) is 7.65. The van der Waals surface area contributed by atoms with Crippen molar-refractivity contribution in [1.29, 1.82) is 0 Å². The van der Waals surface area contributed by atoms with Gasteiger partial charge in [-0.15, -0.1) is 0 Å². The highest BCUT2D eigenvalue weighted by atomic mass is 16.5. The van der Waals surface area contributed by atoms with Crippen molar-refractivity contribution < 1.29 is 19.4 Å². The van der Waals surface area contributed by atoms with Crippen LogP contribution < -0.4 is 15.2 Å². The van der Waals surface area contributed by atoms with Crippen LogP contribution >= 0.6 is 0 Å². The lowest BCUT2D eigenvalue weighted by atomic mass is 10.2. The molecule has 0 aliphatic carbocycles. The van der Waals surface area contributed by atoms with E-state index in [1.165, 1.54) is 0 Å². The lowest BCUT2D eigenvalue weighted by Gasteiger charge is -2.13. The molecule has 0 amide bonds. The Morgan fingerprint density at radius 3 is 2.67 bits per heavy atom. The number of carboxylic acid groups (broad SMARTS) is 1. The number of rotatable bonds is 6. The van der Waals surface area contributed by atoms with Gasteiger partial charge in [0, 0.05) is 18.7 Å². The summed E-state index contributed by atoms with van der Waals surface area (Å²) in [4.78, 5) is 10.7. The molecule has 1 aromatic heterocycles. The number of hydrogen-bond acceptors (Lipinski definition) is 4. The number of carbonyl (C=O) groups is 1. The summed E-state index contributed by atoms with van der Waals surface area (Å²) >= 11 is 0. The largest absolute Gasteiger partial charge is 0.497 e. The average molecular weight is 290 g/mol. The first kappa shape index (κ1) is 14.8. The minimum Gasteiger partial charge on any atom is -0.497 e. The van der Waals surface area contributed by atoms with Crippen LogP contribution in [0, 0.1) is 0 Å². The summed E-state index contributed by atoms with van der Waals surface area (Å²) in [6.07, 6.45) is 2.23. The molecule has 0 radical (unpaired) electrons. The number of ether oxygens (including phenoxy) is 2. The molecular weight excluding hydrogens is 272 g/mol. The van der Waals surface area contributed by atoms with E-state index in [1.807, 2.05) is 12.1 Å². The number of nitrogens with two attached hydrogens (primary N) is 1. The number of anilines is 1. The fourth-order valence-electron chi connectivity index (χ4n) is 2.13. The molecule has 0 unspecified atom stereocenters. The van der Waals surface area contributed by atoms with Gasteiger partial charge in [0.15, 0.2) is 0 Å². The first-order chi connectivity index (χ1) is 10.1. The highest BCUT2D eigenvalue weighted by molar-refractivity contribution is 5.67. The van der Waals surface area contributed by atoms with E-state index in [4.69, 9.17) is 20.3 Å². The third-order valence-electron chi connectivity index (χ3n) is 3.27. The van der Waals surface area contributed by atoms with Crippen molar-refractivity contribution in [3.05, 3.63) is 36.0 Å². The highest BCUT2D eigenvalue weighted by Gasteiger charge is 2.13. The maximum absolute atomic E-state index is 10.7. The summed E-state index contributed by atoms with van der Waals surface area (Å²) in [6.45, 7) is 0. The molecule has 6 nitrogen and oxygen atoms in total. The first-order valence-electron chi connectivity index (χ1n) is 6.46. The van der Waals surface area contributed by atoms with Crippen molar-refractivity contribution in [2.24, 2.45) is 0 Å². The lowest BCUT2D eigenvalue weighted by Crippen LogP contribution is -2.04. The fourth-order valence-corrected chi connectivity index (χ4v) is 2.13. The van der Waals surface area contributed by atoms with Gasteiger partial charge < -0.3 is 20.3 Å². The van der Waals surface area contributed by atoms with Crippen LogP contribution in [0.2, 0.25) is 0 Å². The van der Waals surface area contributed by atoms with Gasteiger partial charge in [0.2, 0.25) is 0 Å². The molecule has 1 aromatic carbocycles. The Kier molecular flexibility index (Phi) is 4.37. The molecule has 0 atom stereocenters. The maximum atomic E-state index is 10.7. The second kappa shape index (κ2) is 6.21. The Morgan fingerprint density at radius 1 is 1.29 bits per heavy atom. The smallest absolute Gasteiger partial charge is 0.303 e. The number of benzene rings is 1. The molecule has 0 spiro atoms. The van der Waals surface area contributed by atoms with Crippen LogP contribution in [0.25, 0.3) is 5.69 Å². The zero-order valence-electron chi connectivity index (χ0n) is 12.0. The standard InChI is InChI=1S/C15H18N2O4/c1-20-11-4-5-13(21-2)12(9-11)17-8-7-10(15(17)16)3-6-14(18)19/h4-5,7-9H,3,6,16H2,1-2H3,(H,18,19). The quantitative estimate of drug-likeness (QED) is 0.850. The molecule has 2 aromatic rings. The summed E-state index contributed by atoms with van der Waals surface area (Å²) in [5, 5.41) is 8.76. The zero-order valence-corrected chi connectivity index (χ0v) is 12.0. The van der Waals surface area contributed by atoms with Gasteiger partial charge in [-0.1, -0.05) is 0 Å². The molecule has 0 bridgehead atoms. The topological polar surface area (TPSA) is 86.7 Å². The van der Waals surface area contributed by atoms with Crippen molar-refractivity contribution in [3.63, 3.8) is 0 Å². The summed E-state index contributed by atoms with van der Waals surface area (Å²) < 4.78 is 12.3. The zero-order chi connectivity index (χ0) is 15.4. The van der Waals surface area contributed by atoms with Crippen LogP contribution in [0.3, 0.4) is 0 Å². The van der Waals surface area contributed by atoms with Crippen molar-refractivity contribution in [2.45, 2.75) is 12.8 Å². The van der Waals surface area contributed by atoms with Crippen LogP contribution in [-0.4, -0.2) is 29.9 Å². The summed E-state index contributed by atoms with van der Waals surface area (Å²) in [7, 11) is 3.17. The number of aliphatic carboxylic acids is 1. The number of hydrogen-bond donors (Lipinski definition) is 2. The molecule has 0 aliphatic heterocycles. The van der Waals surface area contributed by atoms with Gasteiger partial charge in [0.25, 0.3) is 0 Å². The molecular formula is C15H18N2O4. The van der Waals surface area contributed by atoms with Crippen LogP contribution in [0.1, 0.15) is 12.0 Å². The van der Waals surface area contributed by atoms with Crippen molar-refractivity contribution >= 4 is 11.8 Å². The number of carboxylic acids is 1. The fraction of sp³-hybridized carbons (Fsp3) is 0.267. The maximum Gasteiger partial charge on any atom is 0.303 e. The van der Waals surface area contributed by atoms with E-state index < -0.39 is 5.97 Å². The SMILES string of the molecule is COc1ccc(OC)c(-n2ccc(CCC(=O)O)c2N)c1. The van der Waals surface area contributed by atoms with E-state index in [1.54, 1.807) is 37.1 Å². The monoisotopic (exact) mass is 290 g/mol. The second-order valence-corrected chi connectivity index (χ2v) is 4.53. The average Bonchev–Trinajstić information content (AvgIpc) is 2.85. The number of aromatic nitrogens is 1. The van der Waals surface area contributed by atoms with E-state index in [0.29, 0.717) is 23.7 Å². The Morgan fingerprint density at radius 2 is 2.05 bits per heavy atom. The van der Waals surface area contributed by atoms with Gasteiger partial charge in [-0.2, -0.15) is 0 Å². The van der Waals surface area contributed by atoms with E-state index in [9.17, 15) is 4.79 Å². The Labute approximate surface area is 122 Å². The van der Waals surface area contributed by atoms with E-state index in [-0.39, 0.29) is 6.42 Å². The molecule has 6 heteroatoms. The number of aryl methyl sites for hydroxylation is 1. The second-order valence-electron chi connectivity index (χ2n) is 4.53. The molecule has 1 heterocycles. The van der Waals surface area contributed by atoms with Crippen LogP contribution in [0.4, 0.5) is 5.82 Å². The molecule has 21 heavy (non-hydrogen) atoms. The minimum atomic E-state index is -0.846. The summed E-state index contributed by atoms with van der Waals surface area (Å²) in [5.74, 6) is 0.998.